The molecule has 0 aliphatic carbocycles. The summed E-state index contributed by atoms with van der Waals surface area (Å²) in [5.41, 5.74) is 2.62. The van der Waals surface area contributed by atoms with E-state index in [1.807, 2.05) is 13.0 Å². The number of urea groups is 1. The van der Waals surface area contributed by atoms with Gasteiger partial charge in [0.15, 0.2) is 0 Å². The molecule has 1 atom stereocenters. The van der Waals surface area contributed by atoms with Crippen LogP contribution in [0.4, 0.5) is 10.5 Å². The SMILES string of the molecule is CC1Cc2ccc(O)cc2C=NN1C(=O)N(C)c1ccc(Cl)cc1. The summed E-state index contributed by atoms with van der Waals surface area (Å²) in [5, 5.41) is 16.0. The van der Waals surface area contributed by atoms with Crippen molar-refractivity contribution in [2.45, 2.75) is 19.4 Å². The Kier molecular flexibility index (Phi) is 4.44. The Morgan fingerprint density at radius 1 is 1.29 bits per heavy atom. The maximum atomic E-state index is 12.8. The van der Waals surface area contributed by atoms with Gasteiger partial charge in [-0.1, -0.05) is 17.7 Å². The molecule has 0 radical (unpaired) electrons. The van der Waals surface area contributed by atoms with E-state index in [4.69, 9.17) is 11.6 Å². The number of benzene rings is 2. The standard InChI is InChI=1S/C18H18ClN3O2/c1-12-9-13-3-8-17(23)10-14(13)11-20-22(12)18(24)21(2)16-6-4-15(19)5-7-16/h3-8,10-12,23H,9H2,1-2H3. The van der Waals surface area contributed by atoms with Crippen molar-refractivity contribution >= 4 is 29.5 Å². The van der Waals surface area contributed by atoms with Gasteiger partial charge in [0.05, 0.1) is 12.3 Å². The molecule has 0 spiro atoms. The molecule has 0 saturated carbocycles. The largest absolute Gasteiger partial charge is 0.508 e. The fourth-order valence-corrected chi connectivity index (χ4v) is 2.82. The normalized spacial score (nSPS) is 16.5. The fourth-order valence-electron chi connectivity index (χ4n) is 2.70. The molecule has 0 bridgehead atoms. The summed E-state index contributed by atoms with van der Waals surface area (Å²) >= 11 is 5.90. The van der Waals surface area contributed by atoms with Crippen LogP contribution in [0.5, 0.6) is 5.75 Å². The summed E-state index contributed by atoms with van der Waals surface area (Å²) < 4.78 is 0. The van der Waals surface area contributed by atoms with E-state index in [2.05, 4.69) is 5.10 Å². The molecule has 0 saturated heterocycles. The molecule has 0 fully saturated rings. The zero-order chi connectivity index (χ0) is 17.3. The average molecular weight is 344 g/mol. The quantitative estimate of drug-likeness (QED) is 0.854. The number of aromatic hydroxyl groups is 1. The first-order valence-electron chi connectivity index (χ1n) is 7.64. The van der Waals surface area contributed by atoms with Gasteiger partial charge in [-0.25, -0.2) is 9.80 Å². The molecule has 1 N–H and O–H groups in total. The van der Waals surface area contributed by atoms with Gasteiger partial charge in [0.25, 0.3) is 0 Å². The van der Waals surface area contributed by atoms with Gasteiger partial charge in [0, 0.05) is 23.3 Å². The van der Waals surface area contributed by atoms with Crippen molar-refractivity contribution in [2.24, 2.45) is 5.10 Å². The maximum absolute atomic E-state index is 12.8. The number of rotatable bonds is 1. The molecule has 2 aromatic carbocycles. The fraction of sp³-hybridized carbons (Fsp3) is 0.222. The highest BCUT2D eigenvalue weighted by Crippen LogP contribution is 2.23. The van der Waals surface area contributed by atoms with Crippen molar-refractivity contribution in [3.05, 3.63) is 58.6 Å². The Morgan fingerprint density at radius 2 is 2.00 bits per heavy atom. The van der Waals surface area contributed by atoms with Crippen molar-refractivity contribution in [3.63, 3.8) is 0 Å². The van der Waals surface area contributed by atoms with Crippen molar-refractivity contribution in [3.8, 4) is 5.75 Å². The van der Waals surface area contributed by atoms with Gasteiger partial charge in [-0.2, -0.15) is 5.10 Å². The Balaban J connectivity index is 1.85. The second kappa shape index (κ2) is 6.53. The number of hydrazone groups is 1. The monoisotopic (exact) mass is 343 g/mol. The number of carbonyl (C=O) groups is 1. The second-order valence-electron chi connectivity index (χ2n) is 5.84. The lowest BCUT2D eigenvalue weighted by Gasteiger charge is -2.28. The first kappa shape index (κ1) is 16.3. The van der Waals surface area contributed by atoms with Crippen LogP contribution in [-0.2, 0) is 6.42 Å². The van der Waals surface area contributed by atoms with Crippen LogP contribution in [0, 0.1) is 0 Å². The molecular weight excluding hydrogens is 326 g/mol. The average Bonchev–Trinajstić information content (AvgIpc) is 2.72. The van der Waals surface area contributed by atoms with E-state index < -0.39 is 0 Å². The van der Waals surface area contributed by atoms with Crippen LogP contribution in [0.1, 0.15) is 18.1 Å². The molecule has 3 rings (SSSR count). The first-order valence-corrected chi connectivity index (χ1v) is 8.02. The minimum absolute atomic E-state index is 0.103. The predicted molar refractivity (Wildman–Crippen MR) is 96.0 cm³/mol. The van der Waals surface area contributed by atoms with Crippen molar-refractivity contribution in [1.29, 1.82) is 0 Å². The van der Waals surface area contributed by atoms with Crippen LogP contribution in [0.15, 0.2) is 47.6 Å². The molecule has 24 heavy (non-hydrogen) atoms. The number of anilines is 1. The molecule has 6 heteroatoms. The van der Waals surface area contributed by atoms with Gasteiger partial charge in [-0.15, -0.1) is 0 Å². The van der Waals surface area contributed by atoms with E-state index in [1.165, 1.54) is 9.91 Å². The highest BCUT2D eigenvalue weighted by Gasteiger charge is 2.26. The molecule has 124 valence electrons. The van der Waals surface area contributed by atoms with Crippen molar-refractivity contribution in [1.82, 2.24) is 5.01 Å². The zero-order valence-electron chi connectivity index (χ0n) is 13.5. The Labute approximate surface area is 145 Å². The summed E-state index contributed by atoms with van der Waals surface area (Å²) in [5.74, 6) is 0.186. The molecule has 1 unspecified atom stereocenters. The number of fused-ring (bicyclic) bond motifs is 1. The molecule has 1 aliphatic heterocycles. The Hall–Kier alpha value is -2.53. The third kappa shape index (κ3) is 3.21. The van der Waals surface area contributed by atoms with Crippen molar-refractivity contribution < 1.29 is 9.90 Å². The molecular formula is C18H18ClN3O2. The number of carbonyl (C=O) groups excluding carboxylic acids is 1. The number of phenolic OH excluding ortho intramolecular Hbond substituents is 1. The van der Waals surface area contributed by atoms with Crippen LogP contribution < -0.4 is 4.90 Å². The molecule has 1 aliphatic rings. The van der Waals surface area contributed by atoms with Crippen LogP contribution in [0.2, 0.25) is 5.02 Å². The van der Waals surface area contributed by atoms with E-state index in [9.17, 15) is 9.90 Å². The lowest BCUT2D eigenvalue weighted by molar-refractivity contribution is 0.190. The van der Waals surface area contributed by atoms with Gasteiger partial charge in [-0.3, -0.25) is 4.90 Å². The van der Waals surface area contributed by atoms with Crippen LogP contribution in [0.3, 0.4) is 0 Å². The number of nitrogens with zero attached hydrogens (tertiary/aromatic N) is 3. The third-order valence-electron chi connectivity index (χ3n) is 4.08. The number of amides is 2. The topological polar surface area (TPSA) is 56.1 Å². The number of halogens is 1. The number of hydrogen-bond donors (Lipinski definition) is 1. The summed E-state index contributed by atoms with van der Waals surface area (Å²) in [4.78, 5) is 14.4. The van der Waals surface area contributed by atoms with E-state index in [0.717, 1.165) is 16.8 Å². The minimum atomic E-state index is -0.224. The summed E-state index contributed by atoms with van der Waals surface area (Å²) in [6, 6.07) is 11.9. The van der Waals surface area contributed by atoms with Gasteiger partial charge >= 0.3 is 6.03 Å². The van der Waals surface area contributed by atoms with Crippen LogP contribution in [0.25, 0.3) is 0 Å². The smallest absolute Gasteiger partial charge is 0.344 e. The zero-order valence-corrected chi connectivity index (χ0v) is 14.2. The second-order valence-corrected chi connectivity index (χ2v) is 6.28. The van der Waals surface area contributed by atoms with Gasteiger partial charge in [-0.05, 0) is 55.3 Å². The van der Waals surface area contributed by atoms with Crippen LogP contribution >= 0.6 is 11.6 Å². The van der Waals surface area contributed by atoms with Gasteiger partial charge in [0.1, 0.15) is 5.75 Å². The molecule has 2 aromatic rings. The van der Waals surface area contributed by atoms with E-state index in [1.54, 1.807) is 49.7 Å². The predicted octanol–water partition coefficient (Wildman–Crippen LogP) is 3.88. The lowest BCUT2D eigenvalue weighted by Crippen LogP contribution is -2.43. The summed E-state index contributed by atoms with van der Waals surface area (Å²) in [7, 11) is 1.71. The number of phenols is 1. The Morgan fingerprint density at radius 3 is 2.71 bits per heavy atom. The maximum Gasteiger partial charge on any atom is 0.344 e. The lowest BCUT2D eigenvalue weighted by atomic mass is 10.0. The molecule has 1 heterocycles. The van der Waals surface area contributed by atoms with Gasteiger partial charge < -0.3 is 5.11 Å². The van der Waals surface area contributed by atoms with Gasteiger partial charge in [0.2, 0.25) is 0 Å². The molecule has 0 aromatic heterocycles. The highest BCUT2D eigenvalue weighted by molar-refractivity contribution is 6.30. The molecule has 5 nitrogen and oxygen atoms in total. The Bertz CT molecular complexity index is 789. The van der Waals surface area contributed by atoms with Crippen LogP contribution in [-0.4, -0.2) is 35.5 Å². The van der Waals surface area contributed by atoms with E-state index in [0.29, 0.717) is 11.4 Å². The minimum Gasteiger partial charge on any atom is -0.508 e. The molecule has 2 amide bonds. The summed E-state index contributed by atoms with van der Waals surface area (Å²) in [6.45, 7) is 1.95. The van der Waals surface area contributed by atoms with E-state index >= 15 is 0 Å². The highest BCUT2D eigenvalue weighted by atomic mass is 35.5. The van der Waals surface area contributed by atoms with E-state index in [-0.39, 0.29) is 17.8 Å². The third-order valence-corrected chi connectivity index (χ3v) is 4.33. The number of hydrogen-bond acceptors (Lipinski definition) is 3. The summed E-state index contributed by atoms with van der Waals surface area (Å²) in [6.07, 6.45) is 2.28. The first-order chi connectivity index (χ1) is 11.5. The van der Waals surface area contributed by atoms with Crippen molar-refractivity contribution in [2.75, 3.05) is 11.9 Å².